The Labute approximate surface area is 165 Å². The molecule has 2 fully saturated rings. The summed E-state index contributed by atoms with van der Waals surface area (Å²) in [6.45, 7) is 1.98. The molecule has 2 aliphatic rings. The van der Waals surface area contributed by atoms with Crippen LogP contribution in [-0.2, 0) is 6.18 Å². The third kappa shape index (κ3) is 3.68. The number of hydrogen-bond acceptors (Lipinski definition) is 6. The van der Waals surface area contributed by atoms with Gasteiger partial charge in [-0.05, 0) is 38.4 Å². The molecule has 10 heteroatoms. The highest BCUT2D eigenvalue weighted by Gasteiger charge is 2.39. The molecular formula is C19H21F3N6O. The number of nitrogens with zero attached hydrogens (tertiary/aromatic N) is 5. The first-order chi connectivity index (χ1) is 13.9. The molecule has 0 saturated carbocycles. The number of rotatable bonds is 4. The standard InChI is InChI=1S/C19H21F3N6O/c20-19(21,22)16-7-17(12-9-25-28(10-12)13-1-4-24-5-2-13)26-18(15(16)8-23)27-6-3-14(27)11-29/h7,9-10,13-14,24,29H,1-6,11H2/t14-/m1/s1. The van der Waals surface area contributed by atoms with E-state index in [1.807, 2.05) is 0 Å². The van der Waals surface area contributed by atoms with E-state index in [9.17, 15) is 23.5 Å². The van der Waals surface area contributed by atoms with Crippen molar-refractivity contribution in [1.82, 2.24) is 20.1 Å². The topological polar surface area (TPSA) is 90.0 Å². The number of nitrogens with one attached hydrogen (secondary N) is 1. The van der Waals surface area contributed by atoms with E-state index >= 15 is 0 Å². The van der Waals surface area contributed by atoms with Gasteiger partial charge in [0.15, 0.2) is 0 Å². The summed E-state index contributed by atoms with van der Waals surface area (Å²) >= 11 is 0. The molecule has 4 rings (SSSR count). The maximum absolute atomic E-state index is 13.7. The van der Waals surface area contributed by atoms with E-state index in [0.717, 1.165) is 32.0 Å². The van der Waals surface area contributed by atoms with Crippen molar-refractivity contribution in [3.8, 4) is 17.3 Å². The van der Waals surface area contributed by atoms with Gasteiger partial charge in [0, 0.05) is 18.3 Å². The van der Waals surface area contributed by atoms with E-state index in [4.69, 9.17) is 0 Å². The third-order valence-electron chi connectivity index (χ3n) is 5.62. The van der Waals surface area contributed by atoms with Crippen molar-refractivity contribution in [2.24, 2.45) is 0 Å². The van der Waals surface area contributed by atoms with Crippen LogP contribution in [0.3, 0.4) is 0 Å². The van der Waals surface area contributed by atoms with Gasteiger partial charge in [-0.2, -0.15) is 23.5 Å². The van der Waals surface area contributed by atoms with E-state index in [2.05, 4.69) is 15.4 Å². The predicted octanol–water partition coefficient (Wildman–Crippen LogP) is 2.33. The van der Waals surface area contributed by atoms with Crippen molar-refractivity contribution < 1.29 is 18.3 Å². The van der Waals surface area contributed by atoms with Crippen LogP contribution in [0.15, 0.2) is 18.5 Å². The Kier molecular flexibility index (Phi) is 5.19. The Morgan fingerprint density at radius 2 is 2.03 bits per heavy atom. The number of piperidine rings is 1. The van der Waals surface area contributed by atoms with Crippen molar-refractivity contribution in [3.63, 3.8) is 0 Å². The van der Waals surface area contributed by atoms with Gasteiger partial charge < -0.3 is 15.3 Å². The lowest BCUT2D eigenvalue weighted by Crippen LogP contribution is -2.51. The number of aromatic nitrogens is 3. The summed E-state index contributed by atoms with van der Waals surface area (Å²) in [7, 11) is 0. The van der Waals surface area contributed by atoms with E-state index < -0.39 is 17.3 Å². The van der Waals surface area contributed by atoms with Crippen LogP contribution in [-0.4, -0.2) is 52.2 Å². The lowest BCUT2D eigenvalue weighted by Gasteiger charge is -2.41. The number of hydrogen-bond donors (Lipinski definition) is 2. The largest absolute Gasteiger partial charge is 0.417 e. The Morgan fingerprint density at radius 1 is 1.28 bits per heavy atom. The minimum Gasteiger partial charge on any atom is -0.394 e. The van der Waals surface area contributed by atoms with Crippen LogP contribution in [0, 0.1) is 11.3 Å². The molecule has 2 aromatic rings. The van der Waals surface area contributed by atoms with Crippen LogP contribution in [0.4, 0.5) is 19.0 Å². The van der Waals surface area contributed by atoms with Crippen molar-refractivity contribution in [2.45, 2.75) is 37.5 Å². The fraction of sp³-hybridized carbons (Fsp3) is 0.526. The van der Waals surface area contributed by atoms with Crippen LogP contribution in [0.25, 0.3) is 11.3 Å². The quantitative estimate of drug-likeness (QED) is 0.810. The van der Waals surface area contributed by atoms with Gasteiger partial charge in [-0.1, -0.05) is 0 Å². The molecule has 154 valence electrons. The first-order valence-electron chi connectivity index (χ1n) is 9.57. The maximum Gasteiger partial charge on any atom is 0.417 e. The lowest BCUT2D eigenvalue weighted by molar-refractivity contribution is -0.137. The van der Waals surface area contributed by atoms with Gasteiger partial charge in [0.25, 0.3) is 0 Å². The SMILES string of the molecule is N#Cc1c(C(F)(F)F)cc(-c2cnn(C3CCNCC3)c2)nc1N1CC[C@@H]1CO. The zero-order valence-electron chi connectivity index (χ0n) is 15.7. The normalized spacial score (nSPS) is 20.4. The minimum atomic E-state index is -4.69. The van der Waals surface area contributed by atoms with Crippen LogP contribution >= 0.6 is 0 Å². The van der Waals surface area contributed by atoms with Crippen molar-refractivity contribution in [1.29, 1.82) is 5.26 Å². The van der Waals surface area contributed by atoms with E-state index in [1.165, 1.54) is 6.20 Å². The van der Waals surface area contributed by atoms with Gasteiger partial charge in [-0.3, -0.25) is 4.68 Å². The Morgan fingerprint density at radius 3 is 2.62 bits per heavy atom. The number of halogens is 3. The maximum atomic E-state index is 13.7. The minimum absolute atomic E-state index is 0.0303. The number of anilines is 1. The van der Waals surface area contributed by atoms with Gasteiger partial charge in [-0.15, -0.1) is 0 Å². The molecule has 2 aromatic heterocycles. The molecular weight excluding hydrogens is 385 g/mol. The molecule has 0 unspecified atom stereocenters. The van der Waals surface area contributed by atoms with Crippen molar-refractivity contribution in [3.05, 3.63) is 29.6 Å². The van der Waals surface area contributed by atoms with Gasteiger partial charge in [0.1, 0.15) is 17.5 Å². The first-order valence-corrected chi connectivity index (χ1v) is 9.57. The zero-order valence-corrected chi connectivity index (χ0v) is 15.7. The summed E-state index contributed by atoms with van der Waals surface area (Å²) < 4.78 is 42.9. The van der Waals surface area contributed by atoms with Gasteiger partial charge >= 0.3 is 6.18 Å². The second kappa shape index (κ2) is 7.65. The second-order valence-electron chi connectivity index (χ2n) is 7.37. The smallest absolute Gasteiger partial charge is 0.394 e. The molecule has 0 aromatic carbocycles. The number of aliphatic hydroxyl groups is 1. The molecule has 0 amide bonds. The molecule has 7 nitrogen and oxygen atoms in total. The van der Waals surface area contributed by atoms with Crippen molar-refractivity contribution >= 4 is 5.82 Å². The second-order valence-corrected chi connectivity index (χ2v) is 7.37. The monoisotopic (exact) mass is 406 g/mol. The molecule has 2 saturated heterocycles. The van der Waals surface area contributed by atoms with Crippen LogP contribution in [0.2, 0.25) is 0 Å². The molecule has 1 atom stereocenters. The van der Waals surface area contributed by atoms with Gasteiger partial charge in [0.05, 0.1) is 36.1 Å². The Bertz CT molecular complexity index is 927. The highest BCUT2D eigenvalue weighted by molar-refractivity contribution is 5.68. The summed E-state index contributed by atoms with van der Waals surface area (Å²) in [5.74, 6) is -0.0303. The number of alkyl halides is 3. The number of nitriles is 1. The van der Waals surface area contributed by atoms with E-state index in [0.29, 0.717) is 18.5 Å². The third-order valence-corrected chi connectivity index (χ3v) is 5.62. The predicted molar refractivity (Wildman–Crippen MR) is 99.2 cm³/mol. The first kappa shape index (κ1) is 19.7. The van der Waals surface area contributed by atoms with Crippen molar-refractivity contribution in [2.75, 3.05) is 31.1 Å². The average Bonchev–Trinajstić information content (AvgIpc) is 3.17. The molecule has 2 aliphatic heterocycles. The van der Waals surface area contributed by atoms with Crippen LogP contribution < -0.4 is 10.2 Å². The molecule has 29 heavy (non-hydrogen) atoms. The molecule has 0 spiro atoms. The number of pyridine rings is 1. The van der Waals surface area contributed by atoms with E-state index in [-0.39, 0.29) is 30.2 Å². The molecule has 0 radical (unpaired) electrons. The fourth-order valence-corrected chi connectivity index (χ4v) is 3.87. The summed E-state index contributed by atoms with van der Waals surface area (Å²) in [6.07, 6.45) is 0.970. The molecule has 0 bridgehead atoms. The highest BCUT2D eigenvalue weighted by Crippen LogP contribution is 2.39. The van der Waals surface area contributed by atoms with Gasteiger partial charge in [0.2, 0.25) is 0 Å². The van der Waals surface area contributed by atoms with Crippen LogP contribution in [0.5, 0.6) is 0 Å². The zero-order chi connectivity index (χ0) is 20.6. The fourth-order valence-electron chi connectivity index (χ4n) is 3.87. The van der Waals surface area contributed by atoms with Crippen LogP contribution in [0.1, 0.15) is 36.4 Å². The highest BCUT2D eigenvalue weighted by atomic mass is 19.4. The van der Waals surface area contributed by atoms with E-state index in [1.54, 1.807) is 21.8 Å². The summed E-state index contributed by atoms with van der Waals surface area (Å²) in [5.41, 5.74) is -0.931. The summed E-state index contributed by atoms with van der Waals surface area (Å²) in [6, 6.07) is 2.45. The Hall–Kier alpha value is -2.64. The summed E-state index contributed by atoms with van der Waals surface area (Å²) in [4.78, 5) is 5.96. The Balaban J connectivity index is 1.77. The summed E-state index contributed by atoms with van der Waals surface area (Å²) in [5, 5.41) is 26.5. The molecule has 2 N–H and O–H groups in total. The number of aliphatic hydroxyl groups excluding tert-OH is 1. The van der Waals surface area contributed by atoms with Gasteiger partial charge in [-0.25, -0.2) is 4.98 Å². The average molecular weight is 406 g/mol. The molecule has 4 heterocycles. The lowest BCUT2D eigenvalue weighted by atomic mass is 10.00. The molecule has 0 aliphatic carbocycles.